The zero-order valence-electron chi connectivity index (χ0n) is 20.6. The number of nitrogens with zero attached hydrogens (tertiary/aromatic N) is 2. The van der Waals surface area contributed by atoms with E-state index in [9.17, 15) is 18.0 Å². The van der Waals surface area contributed by atoms with Crippen LogP contribution in [0.4, 0.5) is 30.2 Å². The number of fused-ring (bicyclic) bond motifs is 3. The Balaban J connectivity index is 1.47. The first kappa shape index (κ1) is 24.8. The summed E-state index contributed by atoms with van der Waals surface area (Å²) >= 11 is 0. The Morgan fingerprint density at radius 2 is 1.70 bits per heavy atom. The van der Waals surface area contributed by atoms with Crippen LogP contribution in [-0.4, -0.2) is 45.8 Å². The predicted molar refractivity (Wildman–Crippen MR) is 137 cm³/mol. The minimum absolute atomic E-state index is 0.215. The number of carbonyl (C=O) groups is 1. The molecule has 5 rings (SSSR count). The van der Waals surface area contributed by atoms with E-state index in [1.807, 2.05) is 24.3 Å². The second kappa shape index (κ2) is 9.88. The van der Waals surface area contributed by atoms with Gasteiger partial charge in [-0.15, -0.1) is 0 Å². The molecular formula is C28H28F3N3O3. The first-order valence-corrected chi connectivity index (χ1v) is 12.1. The lowest BCUT2D eigenvalue weighted by Crippen LogP contribution is -2.60. The molecular weight excluding hydrogens is 483 g/mol. The number of benzene rings is 3. The van der Waals surface area contributed by atoms with Crippen LogP contribution in [-0.2, 0) is 17.4 Å². The molecule has 0 radical (unpaired) electrons. The molecule has 0 bridgehead atoms. The summed E-state index contributed by atoms with van der Waals surface area (Å²) in [5.74, 6) is 0.572. The maximum Gasteiger partial charge on any atom is 0.416 e. The van der Waals surface area contributed by atoms with Gasteiger partial charge in [-0.25, -0.2) is 0 Å². The average Bonchev–Trinajstić information content (AvgIpc) is 2.91. The summed E-state index contributed by atoms with van der Waals surface area (Å²) in [4.78, 5) is 17.9. The second-order valence-electron chi connectivity index (χ2n) is 9.28. The molecule has 2 aliphatic rings. The summed E-state index contributed by atoms with van der Waals surface area (Å²) in [7, 11) is 3.16. The summed E-state index contributed by atoms with van der Waals surface area (Å²) in [6, 6.07) is 18.4. The molecule has 0 aromatic heterocycles. The summed E-state index contributed by atoms with van der Waals surface area (Å²) < 4.78 is 51.0. The van der Waals surface area contributed by atoms with Gasteiger partial charge in [-0.2, -0.15) is 13.2 Å². The largest absolute Gasteiger partial charge is 0.497 e. The molecule has 0 saturated carbocycles. The lowest BCUT2D eigenvalue weighted by Gasteiger charge is -2.49. The van der Waals surface area contributed by atoms with Crippen LogP contribution in [0.25, 0.3) is 0 Å². The molecule has 1 amide bonds. The molecule has 37 heavy (non-hydrogen) atoms. The van der Waals surface area contributed by atoms with Gasteiger partial charge in [-0.3, -0.25) is 4.79 Å². The van der Waals surface area contributed by atoms with E-state index >= 15 is 0 Å². The maximum absolute atomic E-state index is 13.6. The number of methoxy groups -OCH3 is 2. The lowest BCUT2D eigenvalue weighted by molar-refractivity contribution is -0.137. The molecule has 1 fully saturated rings. The van der Waals surface area contributed by atoms with Gasteiger partial charge in [0.2, 0.25) is 5.91 Å². The summed E-state index contributed by atoms with van der Waals surface area (Å²) in [6.45, 7) is 1.81. The van der Waals surface area contributed by atoms with Crippen molar-refractivity contribution in [3.63, 3.8) is 0 Å². The van der Waals surface area contributed by atoms with Crippen molar-refractivity contribution < 1.29 is 27.4 Å². The van der Waals surface area contributed by atoms with Gasteiger partial charge in [0, 0.05) is 42.8 Å². The van der Waals surface area contributed by atoms with Crippen molar-refractivity contribution in [1.29, 1.82) is 0 Å². The van der Waals surface area contributed by atoms with Crippen LogP contribution in [0.15, 0.2) is 66.7 Å². The Morgan fingerprint density at radius 3 is 2.41 bits per heavy atom. The zero-order valence-corrected chi connectivity index (χ0v) is 20.6. The fraction of sp³-hybridized carbons (Fsp3) is 0.321. The van der Waals surface area contributed by atoms with E-state index < -0.39 is 17.7 Å². The highest BCUT2D eigenvalue weighted by atomic mass is 19.4. The number of piperazine rings is 1. The van der Waals surface area contributed by atoms with Crippen LogP contribution in [0.3, 0.4) is 0 Å². The Labute approximate surface area is 213 Å². The number of carbonyl (C=O) groups excluding carboxylic acids is 1. The molecule has 2 atom stereocenters. The fourth-order valence-corrected chi connectivity index (χ4v) is 5.26. The molecule has 0 unspecified atom stereocenters. The van der Waals surface area contributed by atoms with E-state index in [1.54, 1.807) is 44.6 Å². The van der Waals surface area contributed by atoms with E-state index in [0.717, 1.165) is 23.2 Å². The molecule has 3 aromatic carbocycles. The van der Waals surface area contributed by atoms with Gasteiger partial charge in [-0.05, 0) is 66.6 Å². The number of hydrogen-bond donors (Lipinski definition) is 1. The molecule has 3 aromatic rings. The normalized spacial score (nSPS) is 19.1. The van der Waals surface area contributed by atoms with Crippen molar-refractivity contribution >= 4 is 23.0 Å². The quantitative estimate of drug-likeness (QED) is 0.509. The van der Waals surface area contributed by atoms with E-state index in [0.29, 0.717) is 36.6 Å². The van der Waals surface area contributed by atoms with Gasteiger partial charge in [0.05, 0.1) is 31.7 Å². The smallest absolute Gasteiger partial charge is 0.416 e. The number of anilines is 3. The number of amides is 1. The molecule has 2 heterocycles. The minimum atomic E-state index is -4.45. The number of ether oxygens (including phenoxy) is 2. The summed E-state index contributed by atoms with van der Waals surface area (Å²) in [5, 5.41) is 2.96. The van der Waals surface area contributed by atoms with Crippen molar-refractivity contribution in [2.45, 2.75) is 18.6 Å². The predicted octanol–water partition coefficient (Wildman–Crippen LogP) is 5.23. The summed E-state index contributed by atoms with van der Waals surface area (Å²) in [6.07, 6.45) is -4.23. The van der Waals surface area contributed by atoms with Gasteiger partial charge < -0.3 is 24.6 Å². The molecule has 9 heteroatoms. The minimum Gasteiger partial charge on any atom is -0.497 e. The van der Waals surface area contributed by atoms with Crippen LogP contribution >= 0.6 is 0 Å². The molecule has 1 N–H and O–H groups in total. The van der Waals surface area contributed by atoms with E-state index in [-0.39, 0.29) is 18.4 Å². The first-order valence-electron chi connectivity index (χ1n) is 12.1. The van der Waals surface area contributed by atoms with Gasteiger partial charge in [0.1, 0.15) is 11.5 Å². The van der Waals surface area contributed by atoms with Crippen molar-refractivity contribution in [2.75, 3.05) is 49.0 Å². The van der Waals surface area contributed by atoms with Crippen molar-refractivity contribution in [3.05, 3.63) is 77.9 Å². The van der Waals surface area contributed by atoms with Crippen molar-refractivity contribution in [2.24, 2.45) is 5.92 Å². The average molecular weight is 512 g/mol. The maximum atomic E-state index is 13.6. The third-order valence-electron chi connectivity index (χ3n) is 7.15. The third-order valence-corrected chi connectivity index (χ3v) is 7.15. The highest BCUT2D eigenvalue weighted by molar-refractivity contribution is 5.94. The Bertz CT molecular complexity index is 1280. The van der Waals surface area contributed by atoms with Crippen LogP contribution in [0.1, 0.15) is 11.1 Å². The molecule has 6 nitrogen and oxygen atoms in total. The van der Waals surface area contributed by atoms with E-state index in [2.05, 4.69) is 15.1 Å². The Hall–Kier alpha value is -3.88. The van der Waals surface area contributed by atoms with Crippen LogP contribution < -0.4 is 24.6 Å². The standard InChI is InChI=1S/C28H28F3N3O3/c1-36-22-9-7-21(8-10-22)33-12-13-34-25-11-6-19(28(29,30)31)14-18(25)15-24(26(34)17-33)27(35)32-20-4-3-5-23(16-20)37-2/h3-11,14,16,24,26H,12-13,15,17H2,1-2H3,(H,32,35)/t24-,26-/m0/s1. The second-order valence-corrected chi connectivity index (χ2v) is 9.28. The highest BCUT2D eigenvalue weighted by Gasteiger charge is 2.43. The SMILES string of the molecule is COc1ccc(N2CCN3c4ccc(C(F)(F)F)cc4C[C@H](C(=O)Nc4cccc(OC)c4)[C@@H]3C2)cc1. The van der Waals surface area contributed by atoms with Crippen LogP contribution in [0.2, 0.25) is 0 Å². The van der Waals surface area contributed by atoms with Gasteiger partial charge >= 0.3 is 6.18 Å². The Kier molecular flexibility index (Phi) is 6.62. The third kappa shape index (κ3) is 5.03. The number of nitrogens with one attached hydrogen (secondary N) is 1. The first-order chi connectivity index (χ1) is 17.8. The number of rotatable bonds is 5. The van der Waals surface area contributed by atoms with Crippen LogP contribution in [0.5, 0.6) is 11.5 Å². The van der Waals surface area contributed by atoms with E-state index in [4.69, 9.17) is 9.47 Å². The molecule has 194 valence electrons. The fourth-order valence-electron chi connectivity index (χ4n) is 5.26. The topological polar surface area (TPSA) is 54.0 Å². The number of hydrogen-bond acceptors (Lipinski definition) is 5. The molecule has 0 aliphatic carbocycles. The van der Waals surface area contributed by atoms with E-state index in [1.165, 1.54) is 6.07 Å². The van der Waals surface area contributed by atoms with Crippen LogP contribution in [0, 0.1) is 5.92 Å². The monoisotopic (exact) mass is 511 g/mol. The molecule has 2 aliphatic heterocycles. The van der Waals surface area contributed by atoms with Crippen molar-refractivity contribution in [3.8, 4) is 11.5 Å². The van der Waals surface area contributed by atoms with Gasteiger partial charge in [-0.1, -0.05) is 6.07 Å². The molecule has 0 spiro atoms. The number of alkyl halides is 3. The highest BCUT2D eigenvalue weighted by Crippen LogP contribution is 2.40. The summed E-state index contributed by atoms with van der Waals surface area (Å²) in [5.41, 5.74) is 2.18. The molecule has 1 saturated heterocycles. The zero-order chi connectivity index (χ0) is 26.2. The Morgan fingerprint density at radius 1 is 0.946 bits per heavy atom. The number of halogens is 3. The van der Waals surface area contributed by atoms with Gasteiger partial charge in [0.25, 0.3) is 0 Å². The lowest BCUT2D eigenvalue weighted by atomic mass is 9.82. The van der Waals surface area contributed by atoms with Crippen molar-refractivity contribution in [1.82, 2.24) is 0 Å². The van der Waals surface area contributed by atoms with Gasteiger partial charge in [0.15, 0.2) is 0 Å².